The van der Waals surface area contributed by atoms with Gasteiger partial charge in [0.1, 0.15) is 5.75 Å². The zero-order valence-electron chi connectivity index (χ0n) is 13.8. The van der Waals surface area contributed by atoms with E-state index in [4.69, 9.17) is 16.3 Å². The second-order valence-corrected chi connectivity index (χ2v) is 6.78. The van der Waals surface area contributed by atoms with E-state index < -0.39 is 5.60 Å². The number of amides is 1. The Labute approximate surface area is 146 Å². The first-order chi connectivity index (χ1) is 11.5. The van der Waals surface area contributed by atoms with Crippen LogP contribution in [0.2, 0.25) is 5.02 Å². The fourth-order valence-corrected chi connectivity index (χ4v) is 3.63. The number of aliphatic hydroxyl groups is 1. The van der Waals surface area contributed by atoms with Crippen molar-refractivity contribution in [3.63, 3.8) is 0 Å². The van der Waals surface area contributed by atoms with Gasteiger partial charge in [0.15, 0.2) is 0 Å². The molecule has 130 valence electrons. The molecule has 0 unspecified atom stereocenters. The number of aromatic amines is 1. The Morgan fingerprint density at radius 2 is 2.17 bits per heavy atom. The van der Waals surface area contributed by atoms with Gasteiger partial charge >= 0.3 is 0 Å². The molecule has 1 aromatic carbocycles. The zero-order chi connectivity index (χ0) is 17.2. The highest BCUT2D eigenvalue weighted by molar-refractivity contribution is 6.38. The van der Waals surface area contributed by atoms with Crippen molar-refractivity contribution < 1.29 is 14.6 Å². The number of aromatic nitrogens is 1. The predicted octanol–water partition coefficient (Wildman–Crippen LogP) is 3.65. The summed E-state index contributed by atoms with van der Waals surface area (Å²) in [5, 5.41) is 14.5. The van der Waals surface area contributed by atoms with Crippen LogP contribution in [-0.2, 0) is 0 Å². The minimum Gasteiger partial charge on any atom is -0.492 e. The number of ether oxygens (including phenoxy) is 1. The van der Waals surface area contributed by atoms with Crippen molar-refractivity contribution in [1.82, 2.24) is 10.3 Å². The summed E-state index contributed by atoms with van der Waals surface area (Å²) in [4.78, 5) is 15.7. The number of fused-ring (bicyclic) bond motifs is 1. The SMILES string of the molecule is CCOc1cc(C(=O)NCC2(O)CCCCC2)c(Cl)c2cc[nH]c12. The molecule has 3 rings (SSSR count). The first kappa shape index (κ1) is 17.1. The van der Waals surface area contributed by atoms with Crippen molar-refractivity contribution in [2.24, 2.45) is 0 Å². The van der Waals surface area contributed by atoms with E-state index in [2.05, 4.69) is 10.3 Å². The van der Waals surface area contributed by atoms with Gasteiger partial charge in [-0.1, -0.05) is 30.9 Å². The maximum absolute atomic E-state index is 12.6. The lowest BCUT2D eigenvalue weighted by molar-refractivity contribution is 0.00526. The van der Waals surface area contributed by atoms with Crippen LogP contribution in [0.5, 0.6) is 5.75 Å². The third-order valence-electron chi connectivity index (χ3n) is 4.65. The van der Waals surface area contributed by atoms with Gasteiger partial charge in [0.05, 0.1) is 28.3 Å². The Kier molecular flexibility index (Phi) is 5.01. The molecule has 3 N–H and O–H groups in total. The number of benzene rings is 1. The number of nitrogens with one attached hydrogen (secondary N) is 2. The standard InChI is InChI=1S/C18H23ClN2O3/c1-2-24-14-10-13(15(19)12-6-9-20-16(12)14)17(22)21-11-18(23)7-4-3-5-8-18/h6,9-10,20,23H,2-5,7-8,11H2,1H3,(H,21,22). The van der Waals surface area contributed by atoms with Crippen molar-refractivity contribution in [3.8, 4) is 5.75 Å². The normalized spacial score (nSPS) is 17.0. The van der Waals surface area contributed by atoms with Gasteiger partial charge in [-0.25, -0.2) is 0 Å². The molecule has 2 aromatic rings. The molecule has 0 radical (unpaired) electrons. The second kappa shape index (κ2) is 7.03. The lowest BCUT2D eigenvalue weighted by atomic mass is 9.85. The van der Waals surface area contributed by atoms with E-state index in [1.54, 1.807) is 12.3 Å². The largest absolute Gasteiger partial charge is 0.492 e. The summed E-state index contributed by atoms with van der Waals surface area (Å²) >= 11 is 6.41. The van der Waals surface area contributed by atoms with Gasteiger partial charge in [-0.15, -0.1) is 0 Å². The number of H-pyrrole nitrogens is 1. The molecule has 5 nitrogen and oxygen atoms in total. The number of halogens is 1. The van der Waals surface area contributed by atoms with E-state index >= 15 is 0 Å². The molecule has 1 heterocycles. The van der Waals surface area contributed by atoms with E-state index in [0.717, 1.165) is 43.0 Å². The number of rotatable bonds is 5. The molecule has 0 spiro atoms. The zero-order valence-corrected chi connectivity index (χ0v) is 14.6. The Balaban J connectivity index is 1.82. The van der Waals surface area contributed by atoms with Gasteiger partial charge in [0.2, 0.25) is 0 Å². The number of hydrogen-bond acceptors (Lipinski definition) is 3. The molecule has 0 atom stereocenters. The second-order valence-electron chi connectivity index (χ2n) is 6.40. The summed E-state index contributed by atoms with van der Waals surface area (Å²) in [6.45, 7) is 2.63. The highest BCUT2D eigenvalue weighted by Crippen LogP contribution is 2.34. The van der Waals surface area contributed by atoms with Crippen LogP contribution in [0.1, 0.15) is 49.4 Å². The maximum atomic E-state index is 12.6. The molecule has 1 aromatic heterocycles. The van der Waals surface area contributed by atoms with Crippen molar-refractivity contribution in [2.45, 2.75) is 44.6 Å². The number of carbonyl (C=O) groups is 1. The van der Waals surface area contributed by atoms with Crippen LogP contribution in [0.15, 0.2) is 18.3 Å². The quantitative estimate of drug-likeness (QED) is 0.770. The van der Waals surface area contributed by atoms with Crippen LogP contribution in [0, 0.1) is 0 Å². The fourth-order valence-electron chi connectivity index (χ4n) is 3.33. The van der Waals surface area contributed by atoms with Gasteiger partial charge in [-0.3, -0.25) is 4.79 Å². The van der Waals surface area contributed by atoms with Crippen LogP contribution in [0.25, 0.3) is 10.9 Å². The van der Waals surface area contributed by atoms with E-state index in [-0.39, 0.29) is 12.5 Å². The lowest BCUT2D eigenvalue weighted by Crippen LogP contribution is -2.44. The Morgan fingerprint density at radius 1 is 1.42 bits per heavy atom. The van der Waals surface area contributed by atoms with Crippen LogP contribution in [0.3, 0.4) is 0 Å². The molecule has 0 aliphatic heterocycles. The van der Waals surface area contributed by atoms with E-state index in [1.165, 1.54) is 0 Å². The molecule has 1 saturated carbocycles. The Bertz CT molecular complexity index is 735. The number of hydrogen-bond donors (Lipinski definition) is 3. The van der Waals surface area contributed by atoms with E-state index in [9.17, 15) is 9.90 Å². The highest BCUT2D eigenvalue weighted by atomic mass is 35.5. The van der Waals surface area contributed by atoms with Crippen LogP contribution < -0.4 is 10.1 Å². The summed E-state index contributed by atoms with van der Waals surface area (Å²) in [6.07, 6.45) is 6.35. The first-order valence-electron chi connectivity index (χ1n) is 8.47. The summed E-state index contributed by atoms with van der Waals surface area (Å²) in [5.74, 6) is 0.312. The molecular weight excluding hydrogens is 328 g/mol. The van der Waals surface area contributed by atoms with Gasteiger partial charge < -0.3 is 20.1 Å². The molecule has 0 bridgehead atoms. The summed E-state index contributed by atoms with van der Waals surface area (Å²) in [7, 11) is 0. The average Bonchev–Trinajstić information content (AvgIpc) is 3.06. The smallest absolute Gasteiger partial charge is 0.253 e. The third kappa shape index (κ3) is 3.37. The maximum Gasteiger partial charge on any atom is 0.253 e. The monoisotopic (exact) mass is 350 g/mol. The summed E-state index contributed by atoms with van der Waals surface area (Å²) < 4.78 is 5.62. The van der Waals surface area contributed by atoms with E-state index in [0.29, 0.717) is 22.9 Å². The van der Waals surface area contributed by atoms with Crippen molar-refractivity contribution in [1.29, 1.82) is 0 Å². The van der Waals surface area contributed by atoms with Gasteiger partial charge in [-0.2, -0.15) is 0 Å². The fraction of sp³-hybridized carbons (Fsp3) is 0.500. The van der Waals surface area contributed by atoms with Crippen molar-refractivity contribution in [3.05, 3.63) is 28.9 Å². The van der Waals surface area contributed by atoms with Gasteiger partial charge in [-0.05, 0) is 31.9 Å². The predicted molar refractivity (Wildman–Crippen MR) is 94.8 cm³/mol. The van der Waals surface area contributed by atoms with Crippen LogP contribution in [0.4, 0.5) is 0 Å². The first-order valence-corrected chi connectivity index (χ1v) is 8.85. The molecular formula is C18H23ClN2O3. The molecule has 1 aliphatic carbocycles. The van der Waals surface area contributed by atoms with Gasteiger partial charge in [0.25, 0.3) is 5.91 Å². The Morgan fingerprint density at radius 3 is 2.88 bits per heavy atom. The highest BCUT2D eigenvalue weighted by Gasteiger charge is 2.30. The van der Waals surface area contributed by atoms with Crippen molar-refractivity contribution >= 4 is 28.4 Å². The summed E-state index contributed by atoms with van der Waals surface area (Å²) in [5.41, 5.74) is 0.345. The molecule has 1 fully saturated rings. The summed E-state index contributed by atoms with van der Waals surface area (Å²) in [6, 6.07) is 3.48. The van der Waals surface area contributed by atoms with Crippen LogP contribution >= 0.6 is 11.6 Å². The molecule has 0 saturated heterocycles. The van der Waals surface area contributed by atoms with Crippen LogP contribution in [-0.4, -0.2) is 34.8 Å². The molecule has 6 heteroatoms. The van der Waals surface area contributed by atoms with Crippen molar-refractivity contribution in [2.75, 3.05) is 13.2 Å². The minimum absolute atomic E-state index is 0.247. The molecule has 24 heavy (non-hydrogen) atoms. The Hall–Kier alpha value is -1.72. The molecule has 1 amide bonds. The van der Waals surface area contributed by atoms with Gasteiger partial charge in [0, 0.05) is 18.1 Å². The third-order valence-corrected chi connectivity index (χ3v) is 5.06. The average molecular weight is 351 g/mol. The lowest BCUT2D eigenvalue weighted by Gasteiger charge is -2.32. The topological polar surface area (TPSA) is 74.3 Å². The molecule has 1 aliphatic rings. The van der Waals surface area contributed by atoms with E-state index in [1.807, 2.05) is 13.0 Å². The number of carbonyl (C=O) groups excluding carboxylic acids is 1. The minimum atomic E-state index is -0.804.